The van der Waals surface area contributed by atoms with Crippen LogP contribution in [0.3, 0.4) is 0 Å². The van der Waals surface area contributed by atoms with E-state index < -0.39 is 0 Å². The van der Waals surface area contributed by atoms with Gasteiger partial charge in [0.25, 0.3) is 0 Å². The fraction of sp³-hybridized carbons (Fsp3) is 0.800. The summed E-state index contributed by atoms with van der Waals surface area (Å²) >= 11 is 0. The smallest absolute Gasteiger partial charge is 0.0756 e. The fourth-order valence-electron chi connectivity index (χ4n) is 1.64. The summed E-state index contributed by atoms with van der Waals surface area (Å²) in [7, 11) is 0. The third-order valence-electron chi connectivity index (χ3n) is 2.71. The number of rotatable bonds is 2. The Bertz CT molecular complexity index is 156. The van der Waals surface area contributed by atoms with Gasteiger partial charge in [0.1, 0.15) is 0 Å². The predicted molar refractivity (Wildman–Crippen MR) is 45.4 cm³/mol. The molecule has 0 aromatic carbocycles. The molecule has 1 aliphatic heterocycles. The van der Waals surface area contributed by atoms with Gasteiger partial charge in [0.2, 0.25) is 0 Å². The molecule has 2 rings (SSSR count). The number of hydrogen-bond donors (Lipinski definition) is 0. The lowest BCUT2D eigenvalue weighted by Gasteiger charge is -2.00. The van der Waals surface area contributed by atoms with Gasteiger partial charge < -0.3 is 4.74 Å². The monoisotopic (exact) mass is 152 g/mol. The minimum Gasteiger partial charge on any atom is -0.374 e. The Labute approximate surface area is 68.4 Å². The molecule has 0 aromatic heterocycles. The van der Waals surface area contributed by atoms with E-state index in [9.17, 15) is 0 Å². The van der Waals surface area contributed by atoms with E-state index in [-0.39, 0.29) is 0 Å². The molecule has 1 heterocycles. The van der Waals surface area contributed by atoms with Crippen molar-refractivity contribution in [2.24, 2.45) is 11.8 Å². The van der Waals surface area contributed by atoms with Crippen LogP contribution in [-0.2, 0) is 4.74 Å². The standard InChI is InChI=1S/C10H16O/c1-8-7-9(8)4-5-10-3-2-6-11-10/h4-5,8-10H,2-3,6-7H2,1H3/b5-4-. The first kappa shape index (κ1) is 7.35. The molecule has 62 valence electrons. The summed E-state index contributed by atoms with van der Waals surface area (Å²) in [6, 6.07) is 0. The van der Waals surface area contributed by atoms with Crippen molar-refractivity contribution < 1.29 is 4.74 Å². The highest BCUT2D eigenvalue weighted by Gasteiger charge is 2.29. The second kappa shape index (κ2) is 2.98. The first-order chi connectivity index (χ1) is 5.36. The van der Waals surface area contributed by atoms with E-state index in [0.717, 1.165) is 18.4 Å². The molecular weight excluding hydrogens is 136 g/mol. The quantitative estimate of drug-likeness (QED) is 0.552. The lowest BCUT2D eigenvalue weighted by Crippen LogP contribution is -1.98. The van der Waals surface area contributed by atoms with Crippen molar-refractivity contribution in [3.8, 4) is 0 Å². The molecule has 0 radical (unpaired) electrons. The van der Waals surface area contributed by atoms with Crippen LogP contribution in [0.2, 0.25) is 0 Å². The highest BCUT2D eigenvalue weighted by Crippen LogP contribution is 2.39. The SMILES string of the molecule is CC1CC1/C=C\C1CCCO1. The molecule has 0 bridgehead atoms. The number of allylic oxidation sites excluding steroid dienone is 1. The minimum absolute atomic E-state index is 0.447. The molecule has 1 heteroatoms. The van der Waals surface area contributed by atoms with Crippen LogP contribution in [0.5, 0.6) is 0 Å². The summed E-state index contributed by atoms with van der Waals surface area (Å²) in [6.07, 6.45) is 8.93. The van der Waals surface area contributed by atoms with Gasteiger partial charge in [0.05, 0.1) is 6.10 Å². The van der Waals surface area contributed by atoms with Crippen LogP contribution < -0.4 is 0 Å². The third kappa shape index (κ3) is 1.84. The van der Waals surface area contributed by atoms with Crippen LogP contribution in [-0.4, -0.2) is 12.7 Å². The van der Waals surface area contributed by atoms with Gasteiger partial charge in [0, 0.05) is 6.61 Å². The average Bonchev–Trinajstić information content (AvgIpc) is 2.55. The molecule has 3 unspecified atom stereocenters. The van der Waals surface area contributed by atoms with E-state index in [2.05, 4.69) is 19.1 Å². The molecular formula is C10H16O. The molecule has 1 saturated carbocycles. The number of hydrogen-bond acceptors (Lipinski definition) is 1. The molecule has 0 amide bonds. The van der Waals surface area contributed by atoms with E-state index in [0.29, 0.717) is 6.10 Å². The van der Waals surface area contributed by atoms with Gasteiger partial charge in [-0.2, -0.15) is 0 Å². The molecule has 1 aliphatic carbocycles. The topological polar surface area (TPSA) is 9.23 Å². The van der Waals surface area contributed by atoms with Crippen molar-refractivity contribution in [2.75, 3.05) is 6.61 Å². The summed E-state index contributed by atoms with van der Waals surface area (Å²) in [5.41, 5.74) is 0. The predicted octanol–water partition coefficient (Wildman–Crippen LogP) is 2.38. The van der Waals surface area contributed by atoms with Crippen LogP contribution in [0, 0.1) is 11.8 Å². The van der Waals surface area contributed by atoms with Crippen LogP contribution in [0.25, 0.3) is 0 Å². The van der Waals surface area contributed by atoms with Crippen molar-refractivity contribution in [2.45, 2.75) is 32.3 Å². The Morgan fingerprint density at radius 2 is 2.18 bits per heavy atom. The minimum atomic E-state index is 0.447. The molecule has 1 nitrogen and oxygen atoms in total. The molecule has 2 aliphatic rings. The van der Waals surface area contributed by atoms with Crippen molar-refractivity contribution in [3.05, 3.63) is 12.2 Å². The Kier molecular flexibility index (Phi) is 1.99. The zero-order valence-corrected chi connectivity index (χ0v) is 7.12. The van der Waals surface area contributed by atoms with Crippen LogP contribution in [0.4, 0.5) is 0 Å². The maximum atomic E-state index is 5.48. The molecule has 11 heavy (non-hydrogen) atoms. The van der Waals surface area contributed by atoms with E-state index in [1.54, 1.807) is 0 Å². The average molecular weight is 152 g/mol. The van der Waals surface area contributed by atoms with Gasteiger partial charge in [-0.1, -0.05) is 19.1 Å². The summed E-state index contributed by atoms with van der Waals surface area (Å²) in [5, 5.41) is 0. The normalized spacial score (nSPS) is 43.5. The van der Waals surface area contributed by atoms with Crippen LogP contribution in [0.1, 0.15) is 26.2 Å². The molecule has 0 spiro atoms. The molecule has 3 atom stereocenters. The zero-order valence-electron chi connectivity index (χ0n) is 7.12. The van der Waals surface area contributed by atoms with Crippen molar-refractivity contribution in [1.82, 2.24) is 0 Å². The molecule has 0 aromatic rings. The van der Waals surface area contributed by atoms with E-state index in [4.69, 9.17) is 4.74 Å². The van der Waals surface area contributed by atoms with Gasteiger partial charge in [-0.3, -0.25) is 0 Å². The van der Waals surface area contributed by atoms with Crippen molar-refractivity contribution in [1.29, 1.82) is 0 Å². The largest absolute Gasteiger partial charge is 0.374 e. The first-order valence-corrected chi connectivity index (χ1v) is 4.66. The first-order valence-electron chi connectivity index (χ1n) is 4.66. The van der Waals surface area contributed by atoms with Crippen molar-refractivity contribution in [3.63, 3.8) is 0 Å². The van der Waals surface area contributed by atoms with Crippen molar-refractivity contribution >= 4 is 0 Å². The Balaban J connectivity index is 1.75. The van der Waals surface area contributed by atoms with Gasteiger partial charge in [0.15, 0.2) is 0 Å². The molecule has 0 N–H and O–H groups in total. The summed E-state index contributed by atoms with van der Waals surface area (Å²) in [5.74, 6) is 1.81. The summed E-state index contributed by atoms with van der Waals surface area (Å²) in [4.78, 5) is 0. The summed E-state index contributed by atoms with van der Waals surface area (Å²) < 4.78 is 5.48. The van der Waals surface area contributed by atoms with Crippen LogP contribution >= 0.6 is 0 Å². The number of ether oxygens (including phenoxy) is 1. The zero-order chi connectivity index (χ0) is 7.68. The summed E-state index contributed by atoms with van der Waals surface area (Å²) in [6.45, 7) is 3.28. The highest BCUT2D eigenvalue weighted by molar-refractivity contribution is 5.03. The second-order valence-electron chi connectivity index (χ2n) is 3.81. The van der Waals surface area contributed by atoms with Gasteiger partial charge in [-0.15, -0.1) is 0 Å². The van der Waals surface area contributed by atoms with Gasteiger partial charge in [-0.25, -0.2) is 0 Å². The van der Waals surface area contributed by atoms with E-state index in [1.165, 1.54) is 19.3 Å². The van der Waals surface area contributed by atoms with Gasteiger partial charge in [-0.05, 0) is 31.1 Å². The second-order valence-corrected chi connectivity index (χ2v) is 3.81. The maximum Gasteiger partial charge on any atom is 0.0756 e. The van der Waals surface area contributed by atoms with Gasteiger partial charge >= 0.3 is 0 Å². The Morgan fingerprint density at radius 1 is 1.36 bits per heavy atom. The molecule has 1 saturated heterocycles. The Morgan fingerprint density at radius 3 is 2.73 bits per heavy atom. The third-order valence-corrected chi connectivity index (χ3v) is 2.71. The lowest BCUT2D eigenvalue weighted by molar-refractivity contribution is 0.145. The van der Waals surface area contributed by atoms with Crippen LogP contribution in [0.15, 0.2) is 12.2 Å². The highest BCUT2D eigenvalue weighted by atomic mass is 16.5. The van der Waals surface area contributed by atoms with E-state index in [1.807, 2.05) is 0 Å². The lowest BCUT2D eigenvalue weighted by atomic mass is 10.2. The fourth-order valence-corrected chi connectivity index (χ4v) is 1.64. The maximum absolute atomic E-state index is 5.48. The van der Waals surface area contributed by atoms with E-state index >= 15 is 0 Å². The molecule has 2 fully saturated rings. The Hall–Kier alpha value is -0.300.